The summed E-state index contributed by atoms with van der Waals surface area (Å²) in [7, 11) is 2.07. The second-order valence-electron chi connectivity index (χ2n) is 8.95. The number of carbonyl (C=O) groups is 1. The van der Waals surface area contributed by atoms with Gasteiger partial charge in [0, 0.05) is 54.8 Å². The third kappa shape index (κ3) is 4.78. The first-order valence-corrected chi connectivity index (χ1v) is 12.1. The second-order valence-corrected chi connectivity index (χ2v) is 9.76. The molecule has 1 saturated heterocycles. The third-order valence-corrected chi connectivity index (χ3v) is 7.30. The van der Waals surface area contributed by atoms with E-state index >= 15 is 0 Å². The summed E-state index contributed by atoms with van der Waals surface area (Å²) < 4.78 is 1.66. The van der Waals surface area contributed by atoms with Crippen molar-refractivity contribution in [2.75, 3.05) is 38.5 Å². The van der Waals surface area contributed by atoms with E-state index in [1.54, 1.807) is 10.9 Å². The lowest BCUT2D eigenvalue weighted by Crippen LogP contribution is -2.48. The number of fused-ring (bicyclic) bond motifs is 1. The van der Waals surface area contributed by atoms with Gasteiger partial charge in [-0.15, -0.1) is 10.2 Å². The number of aromatic nitrogens is 4. The fourth-order valence-electron chi connectivity index (χ4n) is 4.60. The third-order valence-electron chi connectivity index (χ3n) is 6.58. The number of nitrogens with one attached hydrogen (secondary N) is 1. The molecule has 0 spiro atoms. The first kappa shape index (κ1) is 22.4. The van der Waals surface area contributed by atoms with Crippen molar-refractivity contribution < 1.29 is 4.79 Å². The minimum absolute atomic E-state index is 0.0691. The van der Waals surface area contributed by atoms with E-state index in [2.05, 4.69) is 32.6 Å². The molecule has 1 N–H and O–H groups in total. The van der Waals surface area contributed by atoms with Crippen LogP contribution >= 0.6 is 23.2 Å². The molecule has 0 unspecified atom stereocenters. The van der Waals surface area contributed by atoms with Gasteiger partial charge in [0.1, 0.15) is 12.2 Å². The minimum atomic E-state index is 0.0691. The quantitative estimate of drug-likeness (QED) is 0.587. The molecule has 8 nitrogen and oxygen atoms in total. The predicted molar refractivity (Wildman–Crippen MR) is 131 cm³/mol. The van der Waals surface area contributed by atoms with Crippen molar-refractivity contribution in [3.8, 4) is 11.3 Å². The Morgan fingerprint density at radius 1 is 1.06 bits per heavy atom. The Bertz CT molecular complexity index is 1170. The number of anilines is 1. The Morgan fingerprint density at radius 2 is 1.76 bits per heavy atom. The van der Waals surface area contributed by atoms with Gasteiger partial charge in [-0.1, -0.05) is 36.0 Å². The van der Waals surface area contributed by atoms with Crippen molar-refractivity contribution in [1.29, 1.82) is 0 Å². The molecule has 3 heterocycles. The van der Waals surface area contributed by atoms with Crippen molar-refractivity contribution >= 4 is 45.7 Å². The van der Waals surface area contributed by atoms with E-state index < -0.39 is 0 Å². The summed E-state index contributed by atoms with van der Waals surface area (Å²) in [5.74, 6) is 0.788. The van der Waals surface area contributed by atoms with Crippen LogP contribution in [0.5, 0.6) is 0 Å². The molecular weight excluding hydrogens is 461 g/mol. The minimum Gasteiger partial charge on any atom is -0.365 e. The maximum absolute atomic E-state index is 12.7. The molecule has 0 radical (unpaired) electrons. The van der Waals surface area contributed by atoms with Crippen molar-refractivity contribution in [2.24, 2.45) is 0 Å². The Balaban J connectivity index is 1.42. The summed E-state index contributed by atoms with van der Waals surface area (Å²) in [5.41, 5.74) is 1.45. The number of carbonyl (C=O) groups excluding carboxylic acids is 1. The first-order valence-electron chi connectivity index (χ1n) is 11.4. The van der Waals surface area contributed by atoms with Crippen molar-refractivity contribution in [3.05, 3.63) is 34.6 Å². The standard InChI is InChI=1S/C23H27Cl2N7O/c1-30-6-8-31(9-7-30)21(33)14-32-13-15(12-26-32)22-17-10-19(24)20(25)11-18(17)23(29-28-22)27-16-4-2-3-5-16/h10-13,16H,2-9,14H2,1H3,(H,27,29). The summed E-state index contributed by atoms with van der Waals surface area (Å²) in [6.45, 7) is 3.47. The summed E-state index contributed by atoms with van der Waals surface area (Å²) in [5, 5.41) is 19.6. The van der Waals surface area contributed by atoms with Crippen LogP contribution in [0, 0.1) is 0 Å². The number of nitrogens with zero attached hydrogens (tertiary/aromatic N) is 6. The van der Waals surface area contributed by atoms with E-state index in [9.17, 15) is 4.79 Å². The molecule has 1 aromatic carbocycles. The molecule has 3 aromatic rings. The van der Waals surface area contributed by atoms with Crippen LogP contribution in [-0.4, -0.2) is 75.0 Å². The molecule has 5 rings (SSSR count). The van der Waals surface area contributed by atoms with E-state index in [1.807, 2.05) is 23.2 Å². The van der Waals surface area contributed by atoms with Crippen LogP contribution in [0.4, 0.5) is 5.82 Å². The zero-order valence-corrected chi connectivity index (χ0v) is 20.1. The maximum Gasteiger partial charge on any atom is 0.244 e. The smallest absolute Gasteiger partial charge is 0.244 e. The van der Waals surface area contributed by atoms with Crippen LogP contribution in [-0.2, 0) is 11.3 Å². The molecule has 1 aliphatic heterocycles. The topological polar surface area (TPSA) is 79.2 Å². The van der Waals surface area contributed by atoms with Gasteiger partial charge < -0.3 is 15.1 Å². The zero-order chi connectivity index (χ0) is 22.9. The Hall–Kier alpha value is -2.42. The van der Waals surface area contributed by atoms with Crippen molar-refractivity contribution in [1.82, 2.24) is 29.8 Å². The van der Waals surface area contributed by atoms with Crippen LogP contribution in [0.25, 0.3) is 22.0 Å². The van der Waals surface area contributed by atoms with Crippen LogP contribution in [0.3, 0.4) is 0 Å². The summed E-state index contributed by atoms with van der Waals surface area (Å²) >= 11 is 12.7. The number of amides is 1. The zero-order valence-electron chi connectivity index (χ0n) is 18.6. The number of benzene rings is 1. The SMILES string of the molecule is CN1CCN(C(=O)Cn2cc(-c3nnc(NC4CCCC4)c4cc(Cl)c(Cl)cc34)cn2)CC1. The van der Waals surface area contributed by atoms with Crippen molar-refractivity contribution in [2.45, 2.75) is 38.3 Å². The Labute approximate surface area is 202 Å². The number of hydrogen-bond donors (Lipinski definition) is 1. The normalized spacial score (nSPS) is 17.7. The van der Waals surface area contributed by atoms with Gasteiger partial charge in [0.05, 0.1) is 16.2 Å². The highest BCUT2D eigenvalue weighted by molar-refractivity contribution is 6.43. The van der Waals surface area contributed by atoms with Crippen LogP contribution in [0.2, 0.25) is 10.0 Å². The second kappa shape index (κ2) is 9.44. The van der Waals surface area contributed by atoms with E-state index in [0.29, 0.717) is 21.8 Å². The van der Waals surface area contributed by atoms with Gasteiger partial charge in [-0.25, -0.2) is 0 Å². The fourth-order valence-corrected chi connectivity index (χ4v) is 4.92. The van der Waals surface area contributed by atoms with Gasteiger partial charge in [0.2, 0.25) is 5.91 Å². The number of rotatable bonds is 5. The first-order chi connectivity index (χ1) is 16.0. The van der Waals surface area contributed by atoms with Crippen LogP contribution in [0.1, 0.15) is 25.7 Å². The molecule has 1 aliphatic carbocycles. The van der Waals surface area contributed by atoms with Gasteiger partial charge >= 0.3 is 0 Å². The van der Waals surface area contributed by atoms with Gasteiger partial charge in [-0.05, 0) is 32.0 Å². The highest BCUT2D eigenvalue weighted by atomic mass is 35.5. The fraction of sp³-hybridized carbons (Fsp3) is 0.478. The summed E-state index contributed by atoms with van der Waals surface area (Å²) in [6, 6.07) is 4.07. The van der Waals surface area contributed by atoms with Crippen molar-refractivity contribution in [3.63, 3.8) is 0 Å². The Morgan fingerprint density at radius 3 is 2.48 bits per heavy atom. The molecule has 174 valence electrons. The van der Waals surface area contributed by atoms with E-state index in [0.717, 1.165) is 61.2 Å². The maximum atomic E-state index is 12.7. The lowest BCUT2D eigenvalue weighted by Gasteiger charge is -2.32. The molecule has 1 saturated carbocycles. The van der Waals surface area contributed by atoms with Crippen LogP contribution < -0.4 is 5.32 Å². The molecule has 10 heteroatoms. The monoisotopic (exact) mass is 487 g/mol. The Kier molecular flexibility index (Phi) is 6.40. The van der Waals surface area contributed by atoms with E-state index in [1.165, 1.54) is 12.8 Å². The average molecular weight is 488 g/mol. The predicted octanol–water partition coefficient (Wildman–Crippen LogP) is 3.93. The lowest BCUT2D eigenvalue weighted by molar-refractivity contribution is -0.133. The molecule has 33 heavy (non-hydrogen) atoms. The lowest BCUT2D eigenvalue weighted by atomic mass is 10.1. The summed E-state index contributed by atoms with van der Waals surface area (Å²) in [4.78, 5) is 16.8. The molecule has 0 bridgehead atoms. The van der Waals surface area contributed by atoms with E-state index in [4.69, 9.17) is 23.2 Å². The molecule has 2 aromatic heterocycles. The van der Waals surface area contributed by atoms with Gasteiger partial charge in [-0.3, -0.25) is 9.48 Å². The largest absolute Gasteiger partial charge is 0.365 e. The highest BCUT2D eigenvalue weighted by Gasteiger charge is 2.22. The molecule has 2 aliphatic rings. The van der Waals surface area contributed by atoms with Gasteiger partial charge in [0.25, 0.3) is 0 Å². The summed E-state index contributed by atoms with van der Waals surface area (Å²) in [6.07, 6.45) is 8.25. The number of halogens is 2. The highest BCUT2D eigenvalue weighted by Crippen LogP contribution is 2.36. The molecule has 1 amide bonds. The number of likely N-dealkylation sites (N-methyl/N-ethyl adjacent to an activating group) is 1. The van der Waals surface area contributed by atoms with Gasteiger partial charge in [-0.2, -0.15) is 5.10 Å². The molecular formula is C23H27Cl2N7O. The molecule has 0 atom stereocenters. The van der Waals surface area contributed by atoms with E-state index in [-0.39, 0.29) is 12.5 Å². The van der Waals surface area contributed by atoms with Crippen LogP contribution in [0.15, 0.2) is 24.5 Å². The number of hydrogen-bond acceptors (Lipinski definition) is 6. The van der Waals surface area contributed by atoms with Gasteiger partial charge in [0.15, 0.2) is 5.82 Å². The number of piperazine rings is 1. The average Bonchev–Trinajstić information content (AvgIpc) is 3.48. The molecule has 2 fully saturated rings.